The Morgan fingerprint density at radius 2 is 2.06 bits per heavy atom. The van der Waals surface area contributed by atoms with Gasteiger partial charge in [0, 0.05) is 16.8 Å². The summed E-state index contributed by atoms with van der Waals surface area (Å²) >= 11 is 3.48. The van der Waals surface area contributed by atoms with Crippen molar-refractivity contribution >= 4 is 21.6 Å². The standard InChI is InChI=1S/C14H22BrNO/c1-4-6-14(17-9-5-2)16-13-8-7-12(15)10-11(13)3/h7-8,10,14,16H,4-6,9H2,1-3H3. The van der Waals surface area contributed by atoms with E-state index < -0.39 is 0 Å². The molecular formula is C14H22BrNO. The molecule has 0 heterocycles. The minimum Gasteiger partial charge on any atom is -0.360 e. The molecule has 1 atom stereocenters. The van der Waals surface area contributed by atoms with Crippen molar-refractivity contribution < 1.29 is 4.74 Å². The van der Waals surface area contributed by atoms with Crippen LogP contribution >= 0.6 is 15.9 Å². The Bertz CT molecular complexity index is 341. The Hall–Kier alpha value is -0.540. The number of rotatable bonds is 7. The highest BCUT2D eigenvalue weighted by Crippen LogP contribution is 2.21. The average Bonchev–Trinajstić information content (AvgIpc) is 2.29. The van der Waals surface area contributed by atoms with Crippen LogP contribution in [0.1, 0.15) is 38.7 Å². The third-order valence-electron chi connectivity index (χ3n) is 2.58. The molecule has 1 unspecified atom stereocenters. The largest absolute Gasteiger partial charge is 0.360 e. The normalized spacial score (nSPS) is 12.5. The molecule has 0 spiro atoms. The van der Waals surface area contributed by atoms with E-state index >= 15 is 0 Å². The first-order chi connectivity index (χ1) is 8.17. The molecular weight excluding hydrogens is 278 g/mol. The lowest BCUT2D eigenvalue weighted by atomic mass is 10.2. The number of benzene rings is 1. The molecule has 0 aromatic heterocycles. The van der Waals surface area contributed by atoms with E-state index in [2.05, 4.69) is 60.2 Å². The number of aryl methyl sites for hydroxylation is 1. The SMILES string of the molecule is CCCOC(CCC)Nc1ccc(Br)cc1C. The lowest BCUT2D eigenvalue weighted by Gasteiger charge is -2.21. The van der Waals surface area contributed by atoms with Gasteiger partial charge in [-0.1, -0.05) is 36.2 Å². The molecule has 17 heavy (non-hydrogen) atoms. The number of nitrogens with one attached hydrogen (secondary N) is 1. The predicted octanol–water partition coefficient (Wildman–Crippen LogP) is 4.72. The van der Waals surface area contributed by atoms with Crippen molar-refractivity contribution in [3.05, 3.63) is 28.2 Å². The van der Waals surface area contributed by atoms with Gasteiger partial charge in [-0.15, -0.1) is 0 Å². The van der Waals surface area contributed by atoms with Gasteiger partial charge in [-0.2, -0.15) is 0 Å². The molecule has 96 valence electrons. The molecule has 1 aromatic rings. The molecule has 0 aliphatic heterocycles. The Balaban J connectivity index is 2.64. The second-order valence-electron chi connectivity index (χ2n) is 4.25. The van der Waals surface area contributed by atoms with E-state index in [0.717, 1.165) is 36.0 Å². The summed E-state index contributed by atoms with van der Waals surface area (Å²) in [6.45, 7) is 7.23. The molecule has 0 aliphatic rings. The van der Waals surface area contributed by atoms with Gasteiger partial charge < -0.3 is 10.1 Å². The fourth-order valence-corrected chi connectivity index (χ4v) is 2.16. The van der Waals surface area contributed by atoms with Crippen LogP contribution in [0.5, 0.6) is 0 Å². The zero-order chi connectivity index (χ0) is 12.7. The van der Waals surface area contributed by atoms with Crippen molar-refractivity contribution in [3.63, 3.8) is 0 Å². The first kappa shape index (κ1) is 14.5. The number of hydrogen-bond acceptors (Lipinski definition) is 2. The summed E-state index contributed by atoms with van der Waals surface area (Å²) in [4.78, 5) is 0. The van der Waals surface area contributed by atoms with E-state index in [1.165, 1.54) is 5.56 Å². The predicted molar refractivity (Wildman–Crippen MR) is 77.4 cm³/mol. The fourth-order valence-electron chi connectivity index (χ4n) is 1.68. The van der Waals surface area contributed by atoms with Crippen LogP contribution in [0.25, 0.3) is 0 Å². The first-order valence-electron chi connectivity index (χ1n) is 6.31. The topological polar surface area (TPSA) is 21.3 Å². The smallest absolute Gasteiger partial charge is 0.127 e. The van der Waals surface area contributed by atoms with Crippen molar-refractivity contribution in [1.82, 2.24) is 0 Å². The zero-order valence-electron chi connectivity index (χ0n) is 10.9. The van der Waals surface area contributed by atoms with Gasteiger partial charge in [0.2, 0.25) is 0 Å². The number of ether oxygens (including phenoxy) is 1. The molecule has 0 bridgehead atoms. The maximum Gasteiger partial charge on any atom is 0.127 e. The number of halogens is 1. The van der Waals surface area contributed by atoms with E-state index in [-0.39, 0.29) is 6.23 Å². The Morgan fingerprint density at radius 3 is 2.65 bits per heavy atom. The lowest BCUT2D eigenvalue weighted by Crippen LogP contribution is -2.23. The Kier molecular flexibility index (Phi) is 6.60. The van der Waals surface area contributed by atoms with Crippen LogP contribution in [0.2, 0.25) is 0 Å². The van der Waals surface area contributed by atoms with Crippen LogP contribution in [0.3, 0.4) is 0 Å². The van der Waals surface area contributed by atoms with Gasteiger partial charge in [0.05, 0.1) is 0 Å². The van der Waals surface area contributed by atoms with Gasteiger partial charge in [0.15, 0.2) is 0 Å². The summed E-state index contributed by atoms with van der Waals surface area (Å²) in [6.07, 6.45) is 3.34. The molecule has 0 radical (unpaired) electrons. The molecule has 0 fully saturated rings. The lowest BCUT2D eigenvalue weighted by molar-refractivity contribution is 0.0664. The Labute approximate surface area is 113 Å². The van der Waals surface area contributed by atoms with Crippen molar-refractivity contribution in [2.45, 2.75) is 46.3 Å². The highest BCUT2D eigenvalue weighted by Gasteiger charge is 2.08. The molecule has 2 nitrogen and oxygen atoms in total. The van der Waals surface area contributed by atoms with E-state index in [1.54, 1.807) is 0 Å². The summed E-state index contributed by atoms with van der Waals surface area (Å²) in [6, 6.07) is 6.26. The number of hydrogen-bond donors (Lipinski definition) is 1. The second-order valence-corrected chi connectivity index (χ2v) is 5.17. The molecule has 1 rings (SSSR count). The van der Waals surface area contributed by atoms with Crippen molar-refractivity contribution in [3.8, 4) is 0 Å². The minimum absolute atomic E-state index is 0.125. The summed E-state index contributed by atoms with van der Waals surface area (Å²) < 4.78 is 6.91. The highest BCUT2D eigenvalue weighted by molar-refractivity contribution is 9.10. The van der Waals surface area contributed by atoms with Gasteiger partial charge in [0.1, 0.15) is 6.23 Å². The van der Waals surface area contributed by atoms with Crippen LogP contribution in [0, 0.1) is 6.92 Å². The molecule has 0 saturated heterocycles. The maximum atomic E-state index is 5.80. The van der Waals surface area contributed by atoms with Gasteiger partial charge in [-0.3, -0.25) is 0 Å². The minimum atomic E-state index is 0.125. The fraction of sp³-hybridized carbons (Fsp3) is 0.571. The van der Waals surface area contributed by atoms with Crippen LogP contribution in [0.15, 0.2) is 22.7 Å². The van der Waals surface area contributed by atoms with Gasteiger partial charge >= 0.3 is 0 Å². The monoisotopic (exact) mass is 299 g/mol. The van der Waals surface area contributed by atoms with E-state index in [0.29, 0.717) is 0 Å². The summed E-state index contributed by atoms with van der Waals surface area (Å²) in [7, 11) is 0. The van der Waals surface area contributed by atoms with Crippen molar-refractivity contribution in [2.24, 2.45) is 0 Å². The third kappa shape index (κ3) is 5.09. The summed E-state index contributed by atoms with van der Waals surface area (Å²) in [5.41, 5.74) is 2.39. The summed E-state index contributed by atoms with van der Waals surface area (Å²) in [5.74, 6) is 0. The van der Waals surface area contributed by atoms with Gasteiger partial charge in [0.25, 0.3) is 0 Å². The van der Waals surface area contributed by atoms with Crippen LogP contribution < -0.4 is 5.32 Å². The molecule has 1 N–H and O–H groups in total. The van der Waals surface area contributed by atoms with Crippen LogP contribution in [0.4, 0.5) is 5.69 Å². The van der Waals surface area contributed by atoms with Crippen molar-refractivity contribution in [2.75, 3.05) is 11.9 Å². The van der Waals surface area contributed by atoms with Crippen LogP contribution in [-0.4, -0.2) is 12.8 Å². The van der Waals surface area contributed by atoms with E-state index in [1.807, 2.05) is 0 Å². The van der Waals surface area contributed by atoms with Gasteiger partial charge in [-0.05, 0) is 43.5 Å². The van der Waals surface area contributed by atoms with E-state index in [9.17, 15) is 0 Å². The molecule has 0 amide bonds. The first-order valence-corrected chi connectivity index (χ1v) is 7.11. The molecule has 0 aliphatic carbocycles. The molecule has 3 heteroatoms. The third-order valence-corrected chi connectivity index (χ3v) is 3.07. The quantitative estimate of drug-likeness (QED) is 0.736. The number of anilines is 1. The van der Waals surface area contributed by atoms with Crippen molar-refractivity contribution in [1.29, 1.82) is 0 Å². The Morgan fingerprint density at radius 1 is 1.29 bits per heavy atom. The maximum absolute atomic E-state index is 5.80. The highest BCUT2D eigenvalue weighted by atomic mass is 79.9. The zero-order valence-corrected chi connectivity index (χ0v) is 12.5. The van der Waals surface area contributed by atoms with Crippen LogP contribution in [-0.2, 0) is 4.74 Å². The molecule has 0 saturated carbocycles. The molecule has 1 aromatic carbocycles. The van der Waals surface area contributed by atoms with Gasteiger partial charge in [-0.25, -0.2) is 0 Å². The second kappa shape index (κ2) is 7.72. The summed E-state index contributed by atoms with van der Waals surface area (Å²) in [5, 5.41) is 3.47. The average molecular weight is 300 g/mol. The van der Waals surface area contributed by atoms with E-state index in [4.69, 9.17) is 4.74 Å².